The molecule has 1 atom stereocenters. The van der Waals surface area contributed by atoms with Crippen LogP contribution >= 0.6 is 0 Å². The Balaban J connectivity index is 1.58. The fourth-order valence-electron chi connectivity index (χ4n) is 3.29. The van der Waals surface area contributed by atoms with Gasteiger partial charge in [-0.05, 0) is 39.5 Å². The molecule has 0 spiro atoms. The Kier molecular flexibility index (Phi) is 4.90. The third-order valence-electron chi connectivity index (χ3n) is 4.58. The number of hydrogen-bond acceptors (Lipinski definition) is 3. The zero-order valence-electron chi connectivity index (χ0n) is 13.6. The molecule has 1 aliphatic rings. The quantitative estimate of drug-likeness (QED) is 0.921. The molecule has 118 valence electrons. The maximum Gasteiger partial charge on any atom is 0.0924 e. The van der Waals surface area contributed by atoms with E-state index in [0.29, 0.717) is 6.04 Å². The first-order valence-corrected chi connectivity index (χ1v) is 8.21. The number of nitrogens with zero attached hydrogens (tertiary/aromatic N) is 3. The van der Waals surface area contributed by atoms with Crippen molar-refractivity contribution in [2.45, 2.75) is 31.8 Å². The highest BCUT2D eigenvalue weighted by atomic mass is 15.2. The summed E-state index contributed by atoms with van der Waals surface area (Å²) in [7, 11) is 4.45. The van der Waals surface area contributed by atoms with Gasteiger partial charge in [0.15, 0.2) is 0 Å². The van der Waals surface area contributed by atoms with Gasteiger partial charge in [0.2, 0.25) is 0 Å². The standard InChI is InChI=1S/C18H26N4/c1-21(14-17-10-6-7-11-22(17)2)13-16-12-18(20-19-16)15-8-4-3-5-9-15/h3-5,8-9,12,17H,6-7,10-11,13-14H2,1-2H3,(H,19,20)/t17-/m1/s1. The van der Waals surface area contributed by atoms with Crippen molar-refractivity contribution in [3.8, 4) is 11.3 Å². The Hall–Kier alpha value is -1.65. The molecular formula is C18H26N4. The largest absolute Gasteiger partial charge is 0.302 e. The molecule has 0 amide bonds. The molecule has 4 nitrogen and oxygen atoms in total. The molecule has 1 aromatic carbocycles. The Morgan fingerprint density at radius 1 is 1.27 bits per heavy atom. The third kappa shape index (κ3) is 3.76. The lowest BCUT2D eigenvalue weighted by atomic mass is 10.0. The van der Waals surface area contributed by atoms with Crippen LogP contribution in [0.5, 0.6) is 0 Å². The maximum absolute atomic E-state index is 4.44. The van der Waals surface area contributed by atoms with E-state index in [-0.39, 0.29) is 0 Å². The Morgan fingerprint density at radius 3 is 2.86 bits per heavy atom. The van der Waals surface area contributed by atoms with Crippen LogP contribution in [0.3, 0.4) is 0 Å². The molecule has 1 aromatic heterocycles. The Labute approximate surface area is 133 Å². The minimum Gasteiger partial charge on any atom is -0.302 e. The first kappa shape index (κ1) is 15.3. The molecule has 2 aromatic rings. The lowest BCUT2D eigenvalue weighted by molar-refractivity contribution is 0.138. The van der Waals surface area contributed by atoms with E-state index in [1.807, 2.05) is 6.07 Å². The van der Waals surface area contributed by atoms with Crippen LogP contribution in [-0.2, 0) is 6.54 Å². The third-order valence-corrected chi connectivity index (χ3v) is 4.58. The maximum atomic E-state index is 4.44. The molecule has 22 heavy (non-hydrogen) atoms. The van der Waals surface area contributed by atoms with E-state index in [0.717, 1.165) is 18.8 Å². The molecule has 1 fully saturated rings. The van der Waals surface area contributed by atoms with Crippen LogP contribution < -0.4 is 0 Å². The highest BCUT2D eigenvalue weighted by molar-refractivity contribution is 5.58. The second-order valence-electron chi connectivity index (χ2n) is 6.47. The fraction of sp³-hybridized carbons (Fsp3) is 0.500. The number of hydrogen-bond donors (Lipinski definition) is 1. The second-order valence-corrected chi connectivity index (χ2v) is 6.47. The number of H-pyrrole nitrogens is 1. The van der Waals surface area contributed by atoms with Gasteiger partial charge in [0.05, 0.1) is 5.69 Å². The van der Waals surface area contributed by atoms with Crippen molar-refractivity contribution in [1.29, 1.82) is 0 Å². The van der Waals surface area contributed by atoms with Crippen molar-refractivity contribution in [3.63, 3.8) is 0 Å². The number of aromatic nitrogens is 2. The number of aromatic amines is 1. The van der Waals surface area contributed by atoms with Crippen LogP contribution in [-0.4, -0.2) is 53.2 Å². The van der Waals surface area contributed by atoms with E-state index in [1.165, 1.54) is 37.1 Å². The Morgan fingerprint density at radius 2 is 2.09 bits per heavy atom. The highest BCUT2D eigenvalue weighted by Crippen LogP contribution is 2.19. The van der Waals surface area contributed by atoms with Crippen LogP contribution in [0.2, 0.25) is 0 Å². The molecule has 3 rings (SSSR count). The van der Waals surface area contributed by atoms with Gasteiger partial charge in [0.25, 0.3) is 0 Å². The number of benzene rings is 1. The van der Waals surface area contributed by atoms with Crippen molar-refractivity contribution in [2.75, 3.05) is 27.2 Å². The number of piperidine rings is 1. The number of rotatable bonds is 5. The SMILES string of the molecule is CN(Cc1cc(-c2ccccc2)n[nH]1)C[C@H]1CCCCN1C. The van der Waals surface area contributed by atoms with Crippen LogP contribution in [0.25, 0.3) is 11.3 Å². The van der Waals surface area contributed by atoms with Gasteiger partial charge >= 0.3 is 0 Å². The monoisotopic (exact) mass is 298 g/mol. The average molecular weight is 298 g/mol. The minimum absolute atomic E-state index is 0.690. The first-order chi connectivity index (χ1) is 10.7. The van der Waals surface area contributed by atoms with E-state index in [9.17, 15) is 0 Å². The predicted molar refractivity (Wildman–Crippen MR) is 90.6 cm³/mol. The number of likely N-dealkylation sites (N-methyl/N-ethyl adjacent to an activating group) is 2. The van der Waals surface area contributed by atoms with Gasteiger partial charge in [0, 0.05) is 30.4 Å². The van der Waals surface area contributed by atoms with Crippen LogP contribution in [0, 0.1) is 0 Å². The first-order valence-electron chi connectivity index (χ1n) is 8.21. The van der Waals surface area contributed by atoms with Gasteiger partial charge < -0.3 is 4.90 Å². The van der Waals surface area contributed by atoms with Crippen molar-refractivity contribution in [1.82, 2.24) is 20.0 Å². The minimum atomic E-state index is 0.690. The smallest absolute Gasteiger partial charge is 0.0924 e. The highest BCUT2D eigenvalue weighted by Gasteiger charge is 2.20. The summed E-state index contributed by atoms with van der Waals surface area (Å²) >= 11 is 0. The molecule has 0 saturated carbocycles. The fourth-order valence-corrected chi connectivity index (χ4v) is 3.29. The summed E-state index contributed by atoms with van der Waals surface area (Å²) in [6, 6.07) is 13.2. The molecule has 0 bridgehead atoms. The molecule has 0 unspecified atom stereocenters. The Bertz CT molecular complexity index is 578. The molecule has 1 aliphatic heterocycles. The average Bonchev–Trinajstić information content (AvgIpc) is 2.99. The van der Waals surface area contributed by atoms with Crippen LogP contribution in [0.1, 0.15) is 25.0 Å². The van der Waals surface area contributed by atoms with Gasteiger partial charge in [0.1, 0.15) is 0 Å². The van der Waals surface area contributed by atoms with Crippen LogP contribution in [0.15, 0.2) is 36.4 Å². The van der Waals surface area contributed by atoms with E-state index in [2.05, 4.69) is 64.4 Å². The van der Waals surface area contributed by atoms with E-state index < -0.39 is 0 Å². The van der Waals surface area contributed by atoms with E-state index >= 15 is 0 Å². The van der Waals surface area contributed by atoms with E-state index in [4.69, 9.17) is 0 Å². The number of likely N-dealkylation sites (tertiary alicyclic amines) is 1. The van der Waals surface area contributed by atoms with Gasteiger partial charge in [-0.3, -0.25) is 10.00 Å². The van der Waals surface area contributed by atoms with Gasteiger partial charge in [-0.15, -0.1) is 0 Å². The zero-order valence-corrected chi connectivity index (χ0v) is 13.6. The summed E-state index contributed by atoms with van der Waals surface area (Å²) < 4.78 is 0. The molecule has 0 radical (unpaired) electrons. The lowest BCUT2D eigenvalue weighted by Gasteiger charge is -2.35. The molecule has 1 saturated heterocycles. The molecule has 1 N–H and O–H groups in total. The summed E-state index contributed by atoms with van der Waals surface area (Å²) in [6.45, 7) is 3.28. The topological polar surface area (TPSA) is 35.2 Å². The van der Waals surface area contributed by atoms with Crippen molar-refractivity contribution >= 4 is 0 Å². The lowest BCUT2D eigenvalue weighted by Crippen LogP contribution is -2.43. The van der Waals surface area contributed by atoms with Gasteiger partial charge in [-0.1, -0.05) is 36.8 Å². The van der Waals surface area contributed by atoms with Crippen LogP contribution in [0.4, 0.5) is 0 Å². The summed E-state index contributed by atoms with van der Waals surface area (Å²) in [5.41, 5.74) is 3.37. The molecule has 4 heteroatoms. The van der Waals surface area contributed by atoms with Gasteiger partial charge in [-0.25, -0.2) is 0 Å². The second kappa shape index (κ2) is 7.07. The molecule has 0 aliphatic carbocycles. The zero-order chi connectivity index (χ0) is 15.4. The summed E-state index contributed by atoms with van der Waals surface area (Å²) in [4.78, 5) is 4.90. The van der Waals surface area contributed by atoms with Crippen molar-refractivity contribution < 1.29 is 0 Å². The van der Waals surface area contributed by atoms with Crippen molar-refractivity contribution in [2.24, 2.45) is 0 Å². The predicted octanol–water partition coefficient (Wildman–Crippen LogP) is 2.99. The van der Waals surface area contributed by atoms with Crippen molar-refractivity contribution in [3.05, 3.63) is 42.1 Å². The number of nitrogens with one attached hydrogen (secondary N) is 1. The normalized spacial score (nSPS) is 19.7. The van der Waals surface area contributed by atoms with Gasteiger partial charge in [-0.2, -0.15) is 5.10 Å². The molecular weight excluding hydrogens is 272 g/mol. The summed E-state index contributed by atoms with van der Waals surface area (Å²) in [5.74, 6) is 0. The summed E-state index contributed by atoms with van der Waals surface area (Å²) in [5, 5.41) is 7.62. The van der Waals surface area contributed by atoms with E-state index in [1.54, 1.807) is 0 Å². The molecule has 2 heterocycles. The summed E-state index contributed by atoms with van der Waals surface area (Å²) in [6.07, 6.45) is 4.03.